The van der Waals surface area contributed by atoms with Crippen LogP contribution >= 0.6 is 0 Å². The molecule has 3 aromatic rings. The minimum absolute atomic E-state index is 0.0203. The van der Waals surface area contributed by atoms with Crippen molar-refractivity contribution in [3.05, 3.63) is 84.6 Å². The summed E-state index contributed by atoms with van der Waals surface area (Å²) in [7, 11) is 0. The lowest BCUT2D eigenvalue weighted by Gasteiger charge is -2.36. The molecule has 2 heterocycles. The molecule has 0 saturated carbocycles. The second-order valence-electron chi connectivity index (χ2n) is 7.11. The van der Waals surface area contributed by atoms with Gasteiger partial charge in [-0.1, -0.05) is 30.3 Å². The summed E-state index contributed by atoms with van der Waals surface area (Å²) in [6.07, 6.45) is 1.62. The van der Waals surface area contributed by atoms with Crippen molar-refractivity contribution in [3.8, 4) is 0 Å². The van der Waals surface area contributed by atoms with Gasteiger partial charge < -0.3 is 14.2 Å². The molecule has 0 bridgehead atoms. The van der Waals surface area contributed by atoms with Crippen molar-refractivity contribution in [2.45, 2.75) is 6.54 Å². The Hall–Kier alpha value is -3.12. The van der Waals surface area contributed by atoms with E-state index in [1.165, 1.54) is 6.07 Å². The highest BCUT2D eigenvalue weighted by Gasteiger charge is 2.24. The Bertz CT molecular complexity index is 922. The molecule has 2 aromatic carbocycles. The molecular weight excluding hydrogens is 369 g/mol. The third-order valence-corrected chi connectivity index (χ3v) is 5.19. The van der Waals surface area contributed by atoms with Crippen LogP contribution in [0.2, 0.25) is 0 Å². The van der Waals surface area contributed by atoms with E-state index in [2.05, 4.69) is 4.90 Å². The first-order valence-corrected chi connectivity index (χ1v) is 9.80. The first-order chi connectivity index (χ1) is 14.2. The molecule has 0 spiro atoms. The van der Waals surface area contributed by atoms with Crippen molar-refractivity contribution in [2.24, 2.45) is 0 Å². The molecule has 1 aliphatic heterocycles. The summed E-state index contributed by atoms with van der Waals surface area (Å²) in [5.41, 5.74) is 1.47. The number of anilines is 2. The standard InChI is InChI=1S/C23H24FN3O2/c24-21-10-4-5-11-22(21)26-14-12-25(13-15-26)18-23(28)27(17-20-9-6-16-29-20)19-7-2-1-3-8-19/h1-11,16H,12-15,17-18H2. The fourth-order valence-electron chi connectivity index (χ4n) is 3.62. The van der Waals surface area contributed by atoms with Gasteiger partial charge in [0.25, 0.3) is 0 Å². The van der Waals surface area contributed by atoms with Crippen LogP contribution in [0.5, 0.6) is 0 Å². The molecule has 150 valence electrons. The lowest BCUT2D eigenvalue weighted by atomic mass is 10.2. The summed E-state index contributed by atoms with van der Waals surface area (Å²) < 4.78 is 19.5. The molecule has 5 nitrogen and oxygen atoms in total. The molecule has 1 saturated heterocycles. The Morgan fingerprint density at radius 2 is 1.66 bits per heavy atom. The van der Waals surface area contributed by atoms with Gasteiger partial charge in [0.05, 0.1) is 25.0 Å². The van der Waals surface area contributed by atoms with Gasteiger partial charge in [0.15, 0.2) is 0 Å². The smallest absolute Gasteiger partial charge is 0.241 e. The molecule has 1 aromatic heterocycles. The fraction of sp³-hybridized carbons (Fsp3) is 0.261. The van der Waals surface area contributed by atoms with Crippen molar-refractivity contribution < 1.29 is 13.6 Å². The maximum Gasteiger partial charge on any atom is 0.241 e. The van der Waals surface area contributed by atoms with E-state index in [0.29, 0.717) is 45.0 Å². The quantitative estimate of drug-likeness (QED) is 0.639. The van der Waals surface area contributed by atoms with Crippen molar-refractivity contribution in [3.63, 3.8) is 0 Å². The lowest BCUT2D eigenvalue weighted by molar-refractivity contribution is -0.120. The van der Waals surface area contributed by atoms with Crippen molar-refractivity contribution in [2.75, 3.05) is 42.5 Å². The molecule has 1 fully saturated rings. The van der Waals surface area contributed by atoms with Crippen LogP contribution in [-0.4, -0.2) is 43.5 Å². The molecule has 0 N–H and O–H groups in total. The van der Waals surface area contributed by atoms with Gasteiger partial charge in [-0.3, -0.25) is 9.69 Å². The van der Waals surface area contributed by atoms with Crippen molar-refractivity contribution in [1.82, 2.24) is 4.90 Å². The van der Waals surface area contributed by atoms with Crippen LogP contribution in [-0.2, 0) is 11.3 Å². The van der Waals surface area contributed by atoms with Crippen LogP contribution in [0, 0.1) is 5.82 Å². The number of piperazine rings is 1. The highest BCUT2D eigenvalue weighted by molar-refractivity contribution is 5.94. The summed E-state index contributed by atoms with van der Waals surface area (Å²) in [5.74, 6) is 0.559. The number of amides is 1. The molecule has 29 heavy (non-hydrogen) atoms. The van der Waals surface area contributed by atoms with Crippen molar-refractivity contribution in [1.29, 1.82) is 0 Å². The number of carbonyl (C=O) groups is 1. The second kappa shape index (κ2) is 8.92. The molecule has 0 radical (unpaired) electrons. The van der Waals surface area contributed by atoms with Crippen LogP contribution < -0.4 is 9.80 Å². The molecule has 1 aliphatic rings. The first kappa shape index (κ1) is 19.2. The third kappa shape index (κ3) is 4.66. The minimum atomic E-state index is -0.203. The predicted molar refractivity (Wildman–Crippen MR) is 111 cm³/mol. The van der Waals surface area contributed by atoms with E-state index in [1.807, 2.05) is 53.4 Å². The van der Waals surface area contributed by atoms with E-state index in [0.717, 1.165) is 11.4 Å². The Morgan fingerprint density at radius 3 is 2.34 bits per heavy atom. The van der Waals surface area contributed by atoms with Gasteiger partial charge in [0.2, 0.25) is 5.91 Å². The monoisotopic (exact) mass is 393 g/mol. The second-order valence-corrected chi connectivity index (χ2v) is 7.11. The number of rotatable bonds is 6. The Morgan fingerprint density at radius 1 is 0.931 bits per heavy atom. The maximum absolute atomic E-state index is 14.0. The van der Waals surface area contributed by atoms with E-state index in [9.17, 15) is 9.18 Å². The van der Waals surface area contributed by atoms with Crippen LogP contribution in [0.4, 0.5) is 15.8 Å². The van der Waals surface area contributed by atoms with E-state index in [-0.39, 0.29) is 11.7 Å². The van der Waals surface area contributed by atoms with Crippen LogP contribution in [0.3, 0.4) is 0 Å². The Kier molecular flexibility index (Phi) is 5.91. The molecule has 1 amide bonds. The van der Waals surface area contributed by atoms with Crippen LogP contribution in [0.15, 0.2) is 77.4 Å². The number of benzene rings is 2. The zero-order chi connectivity index (χ0) is 20.1. The average molecular weight is 393 g/mol. The van der Waals surface area contributed by atoms with Gasteiger partial charge in [0, 0.05) is 31.9 Å². The fourth-order valence-corrected chi connectivity index (χ4v) is 3.62. The maximum atomic E-state index is 14.0. The summed E-state index contributed by atoms with van der Waals surface area (Å²) in [6, 6.07) is 20.2. The number of carbonyl (C=O) groups excluding carboxylic acids is 1. The van der Waals surface area contributed by atoms with Gasteiger partial charge >= 0.3 is 0 Å². The number of para-hydroxylation sites is 2. The number of hydrogen-bond acceptors (Lipinski definition) is 4. The van der Waals surface area contributed by atoms with Gasteiger partial charge in [-0.2, -0.15) is 0 Å². The first-order valence-electron chi connectivity index (χ1n) is 9.80. The Labute approximate surface area is 169 Å². The zero-order valence-corrected chi connectivity index (χ0v) is 16.2. The molecular formula is C23H24FN3O2. The summed E-state index contributed by atoms with van der Waals surface area (Å²) >= 11 is 0. The summed E-state index contributed by atoms with van der Waals surface area (Å²) in [4.78, 5) is 19.0. The molecule has 4 rings (SSSR count). The summed E-state index contributed by atoms with van der Waals surface area (Å²) in [6.45, 7) is 3.52. The largest absolute Gasteiger partial charge is 0.467 e. The molecule has 0 atom stereocenters. The average Bonchev–Trinajstić information content (AvgIpc) is 3.27. The predicted octanol–water partition coefficient (Wildman–Crippen LogP) is 3.77. The van der Waals surface area contributed by atoms with Crippen molar-refractivity contribution >= 4 is 17.3 Å². The highest BCUT2D eigenvalue weighted by Crippen LogP contribution is 2.21. The van der Waals surface area contributed by atoms with Gasteiger partial charge in [0.1, 0.15) is 11.6 Å². The normalized spacial score (nSPS) is 14.7. The number of furan rings is 1. The van der Waals surface area contributed by atoms with E-state index in [4.69, 9.17) is 4.42 Å². The van der Waals surface area contributed by atoms with E-state index in [1.54, 1.807) is 23.3 Å². The Balaban J connectivity index is 1.40. The van der Waals surface area contributed by atoms with Crippen LogP contribution in [0.25, 0.3) is 0 Å². The third-order valence-electron chi connectivity index (χ3n) is 5.19. The van der Waals surface area contributed by atoms with E-state index >= 15 is 0 Å². The highest BCUT2D eigenvalue weighted by atomic mass is 19.1. The van der Waals surface area contributed by atoms with E-state index < -0.39 is 0 Å². The zero-order valence-electron chi connectivity index (χ0n) is 16.2. The number of halogens is 1. The van der Waals surface area contributed by atoms with Crippen LogP contribution in [0.1, 0.15) is 5.76 Å². The SMILES string of the molecule is O=C(CN1CCN(c2ccccc2F)CC1)N(Cc1ccco1)c1ccccc1. The minimum Gasteiger partial charge on any atom is -0.467 e. The summed E-state index contributed by atoms with van der Waals surface area (Å²) in [5, 5.41) is 0. The van der Waals surface area contributed by atoms with Gasteiger partial charge in [-0.25, -0.2) is 4.39 Å². The molecule has 0 aliphatic carbocycles. The number of nitrogens with zero attached hydrogens (tertiary/aromatic N) is 3. The van der Waals surface area contributed by atoms with Gasteiger partial charge in [-0.15, -0.1) is 0 Å². The lowest BCUT2D eigenvalue weighted by Crippen LogP contribution is -2.50. The topological polar surface area (TPSA) is 39.9 Å². The van der Waals surface area contributed by atoms with Gasteiger partial charge in [-0.05, 0) is 36.4 Å². The number of hydrogen-bond donors (Lipinski definition) is 0. The molecule has 6 heteroatoms. The molecule has 0 unspecified atom stereocenters.